The highest BCUT2D eigenvalue weighted by atomic mass is 14.9. The van der Waals surface area contributed by atoms with E-state index in [1.54, 1.807) is 43.8 Å². The third-order valence-electron chi connectivity index (χ3n) is 5.36. The molecular weight excluding hydrogens is 689 g/mol. The highest BCUT2D eigenvalue weighted by molar-refractivity contribution is 5.13. The minimum atomic E-state index is 0.0707. The fraction of sp³-hybridized carbons (Fsp3) is 0.667. The van der Waals surface area contributed by atoms with Gasteiger partial charge in [-0.1, -0.05) is 194 Å². The van der Waals surface area contributed by atoms with Crippen molar-refractivity contribution in [3.05, 3.63) is 97.1 Å². The molecule has 0 atom stereocenters. The Hall–Kier alpha value is -3.68. The zero-order chi connectivity index (χ0) is 46.5. The van der Waals surface area contributed by atoms with E-state index in [0.29, 0.717) is 0 Å². The summed E-state index contributed by atoms with van der Waals surface area (Å²) in [6, 6.07) is 5.72. The van der Waals surface area contributed by atoms with Gasteiger partial charge in [-0.25, -0.2) is 39.9 Å². The maximum atomic E-state index is 4.14. The van der Waals surface area contributed by atoms with Crippen LogP contribution in [0.2, 0.25) is 0 Å². The van der Waals surface area contributed by atoms with Gasteiger partial charge in [-0.15, -0.1) is 0 Å². The summed E-state index contributed by atoms with van der Waals surface area (Å²) >= 11 is 0. The molecule has 0 radical (unpaired) electrons. The second-order valence-corrected chi connectivity index (χ2v) is 13.4. The minimum Gasteiger partial charge on any atom is -0.245 e. The Morgan fingerprint density at radius 2 is 0.625 bits per heavy atom. The van der Waals surface area contributed by atoms with E-state index in [1.807, 2.05) is 141 Å². The van der Waals surface area contributed by atoms with Crippen molar-refractivity contribution in [2.24, 2.45) is 0 Å². The normalized spacial score (nSPS) is 9.07. The fourth-order valence-corrected chi connectivity index (χ4v) is 2.84. The van der Waals surface area contributed by atoms with Crippen LogP contribution in [-0.4, -0.2) is 39.9 Å². The molecule has 4 aromatic rings. The van der Waals surface area contributed by atoms with Gasteiger partial charge in [-0.2, -0.15) is 0 Å². The molecule has 0 aliphatic carbocycles. The molecule has 0 aromatic carbocycles. The molecule has 8 heteroatoms. The van der Waals surface area contributed by atoms with Gasteiger partial charge >= 0.3 is 0 Å². The van der Waals surface area contributed by atoms with Gasteiger partial charge < -0.3 is 0 Å². The lowest BCUT2D eigenvalue weighted by atomic mass is 9.89. The third kappa shape index (κ3) is 44.7. The standard InChI is InChI=1S/4C8H12N2.8C2H6/c1-8(2,3)7-4-9-6-10-5-7;2*1-8(2,3)7-4-5-9-6-10-7;1-8(2,3)7-9-5-4-6-10-7;8*1-2/h4*4-6H,1-3H3;8*1-2H3. The first-order valence-corrected chi connectivity index (χ1v) is 21.5. The number of hydrogen-bond acceptors (Lipinski definition) is 8. The van der Waals surface area contributed by atoms with Crippen LogP contribution in [0.3, 0.4) is 0 Å². The van der Waals surface area contributed by atoms with Gasteiger partial charge in [-0.3, -0.25) is 0 Å². The number of rotatable bonds is 0. The molecule has 0 bridgehead atoms. The zero-order valence-electron chi connectivity index (χ0n) is 42.5. The van der Waals surface area contributed by atoms with Gasteiger partial charge in [0.2, 0.25) is 0 Å². The van der Waals surface area contributed by atoms with E-state index in [2.05, 4.69) is 123 Å². The first kappa shape index (κ1) is 70.2. The van der Waals surface area contributed by atoms with Gasteiger partial charge in [0.1, 0.15) is 24.8 Å². The van der Waals surface area contributed by atoms with E-state index in [0.717, 1.165) is 17.2 Å². The molecule has 56 heavy (non-hydrogen) atoms. The largest absolute Gasteiger partial charge is 0.245 e. The molecule has 0 N–H and O–H groups in total. The lowest BCUT2D eigenvalue weighted by molar-refractivity contribution is 0.545. The number of nitrogens with zero attached hydrogens (tertiary/aromatic N) is 8. The molecule has 8 nitrogen and oxygen atoms in total. The van der Waals surface area contributed by atoms with Crippen LogP contribution in [-0.2, 0) is 21.7 Å². The average Bonchev–Trinajstić information content (AvgIpc) is 3.25. The van der Waals surface area contributed by atoms with Crippen LogP contribution in [0.1, 0.15) is 217 Å². The van der Waals surface area contributed by atoms with Gasteiger partial charge in [0.15, 0.2) is 0 Å². The summed E-state index contributed by atoms with van der Waals surface area (Å²) in [6.07, 6.45) is 15.5. The summed E-state index contributed by atoms with van der Waals surface area (Å²) in [4.78, 5) is 32.1. The molecule has 0 amide bonds. The molecule has 4 aromatic heterocycles. The van der Waals surface area contributed by atoms with Crippen molar-refractivity contribution in [3.63, 3.8) is 0 Å². The molecule has 4 heterocycles. The van der Waals surface area contributed by atoms with Crippen LogP contribution in [0.25, 0.3) is 0 Å². The van der Waals surface area contributed by atoms with Crippen molar-refractivity contribution in [3.8, 4) is 0 Å². The Morgan fingerprint density at radius 3 is 0.786 bits per heavy atom. The van der Waals surface area contributed by atoms with Gasteiger partial charge in [0, 0.05) is 64.8 Å². The Labute approximate surface area is 351 Å². The quantitative estimate of drug-likeness (QED) is 0.174. The summed E-state index contributed by atoms with van der Waals surface area (Å²) < 4.78 is 0. The predicted octanol–water partition coefficient (Wildman–Crippen LogP) is 15.3. The summed E-state index contributed by atoms with van der Waals surface area (Å²) in [6.45, 7) is 57.5. The summed E-state index contributed by atoms with van der Waals surface area (Å²) in [5.41, 5.74) is 3.87. The number of aromatic nitrogens is 8. The Kier molecular flexibility index (Phi) is 59.5. The molecule has 0 aliphatic heterocycles. The summed E-state index contributed by atoms with van der Waals surface area (Å²) in [5.74, 6) is 0.898. The van der Waals surface area contributed by atoms with Crippen LogP contribution in [0, 0.1) is 0 Å². The Balaban J connectivity index is -0.0000000814. The van der Waals surface area contributed by atoms with E-state index in [-0.39, 0.29) is 21.7 Å². The zero-order valence-corrected chi connectivity index (χ0v) is 42.5. The lowest BCUT2D eigenvalue weighted by Crippen LogP contribution is -2.14. The molecule has 4 rings (SSSR count). The average molecular weight is 785 g/mol. The van der Waals surface area contributed by atoms with Crippen LogP contribution >= 0.6 is 0 Å². The van der Waals surface area contributed by atoms with Crippen molar-refractivity contribution < 1.29 is 0 Å². The molecule has 0 aliphatic rings. The van der Waals surface area contributed by atoms with E-state index in [4.69, 9.17) is 0 Å². The maximum absolute atomic E-state index is 4.14. The lowest BCUT2D eigenvalue weighted by Gasteiger charge is -2.16. The van der Waals surface area contributed by atoms with Crippen LogP contribution in [0.15, 0.2) is 74.4 Å². The van der Waals surface area contributed by atoms with E-state index in [1.165, 1.54) is 5.56 Å². The SMILES string of the molecule is CC.CC.CC.CC.CC.CC.CC.CC.CC(C)(C)c1ccncn1.CC(C)(C)c1ccncn1.CC(C)(C)c1cncnc1.CC(C)(C)c1ncccn1. The van der Waals surface area contributed by atoms with E-state index in [9.17, 15) is 0 Å². The highest BCUT2D eigenvalue weighted by Gasteiger charge is 2.16. The second kappa shape index (κ2) is 47.5. The Morgan fingerprint density at radius 1 is 0.321 bits per heavy atom. The van der Waals surface area contributed by atoms with Gasteiger partial charge in [0.05, 0.1) is 0 Å². The third-order valence-corrected chi connectivity index (χ3v) is 5.36. The van der Waals surface area contributed by atoms with Crippen LogP contribution in [0.4, 0.5) is 0 Å². The second-order valence-electron chi connectivity index (χ2n) is 13.4. The minimum absolute atomic E-state index is 0.0707. The first-order valence-electron chi connectivity index (χ1n) is 21.5. The van der Waals surface area contributed by atoms with Crippen molar-refractivity contribution in [1.82, 2.24) is 39.9 Å². The van der Waals surface area contributed by atoms with Crippen molar-refractivity contribution in [2.75, 3.05) is 0 Å². The van der Waals surface area contributed by atoms with E-state index < -0.39 is 0 Å². The van der Waals surface area contributed by atoms with Crippen molar-refractivity contribution in [2.45, 2.75) is 216 Å². The predicted molar refractivity (Wildman–Crippen MR) is 254 cm³/mol. The molecule has 0 saturated carbocycles. The highest BCUT2D eigenvalue weighted by Crippen LogP contribution is 2.20. The molecule has 328 valence electrons. The molecular formula is C48H96N8. The molecule has 0 spiro atoms. The van der Waals surface area contributed by atoms with Crippen LogP contribution < -0.4 is 0 Å². The van der Waals surface area contributed by atoms with Crippen LogP contribution in [0.5, 0.6) is 0 Å². The molecule has 0 unspecified atom stereocenters. The molecule has 0 fully saturated rings. The maximum Gasteiger partial charge on any atom is 0.133 e. The first-order chi connectivity index (χ1) is 26.4. The van der Waals surface area contributed by atoms with Crippen molar-refractivity contribution >= 4 is 0 Å². The van der Waals surface area contributed by atoms with Gasteiger partial charge in [0.25, 0.3) is 0 Å². The van der Waals surface area contributed by atoms with Gasteiger partial charge in [-0.05, 0) is 29.2 Å². The fourth-order valence-electron chi connectivity index (χ4n) is 2.84. The smallest absolute Gasteiger partial charge is 0.133 e. The Bertz CT molecular complexity index is 995. The van der Waals surface area contributed by atoms with E-state index >= 15 is 0 Å². The van der Waals surface area contributed by atoms with Crippen molar-refractivity contribution in [1.29, 1.82) is 0 Å². The summed E-state index contributed by atoms with van der Waals surface area (Å²) in [5, 5.41) is 0. The topological polar surface area (TPSA) is 103 Å². The number of hydrogen-bond donors (Lipinski definition) is 0. The molecule has 0 saturated heterocycles. The monoisotopic (exact) mass is 785 g/mol. The summed E-state index contributed by atoms with van der Waals surface area (Å²) in [7, 11) is 0.